The molecule has 1 saturated heterocycles. The van der Waals surface area contributed by atoms with Gasteiger partial charge >= 0.3 is 11.8 Å². The largest absolute Gasteiger partial charge is 0.417 e. The number of amides is 2. The van der Waals surface area contributed by atoms with Crippen molar-refractivity contribution in [2.24, 2.45) is 0 Å². The van der Waals surface area contributed by atoms with Crippen molar-refractivity contribution in [2.75, 3.05) is 13.1 Å². The third kappa shape index (κ3) is 1.66. The third-order valence-corrected chi connectivity index (χ3v) is 3.22. The van der Waals surface area contributed by atoms with Crippen LogP contribution in [-0.4, -0.2) is 29.0 Å². The van der Waals surface area contributed by atoms with Crippen LogP contribution in [0.1, 0.15) is 18.5 Å². The van der Waals surface area contributed by atoms with E-state index in [1.165, 1.54) is 0 Å². The number of nitrogens with one attached hydrogen (secondary N) is 2. The first-order valence-electron chi connectivity index (χ1n) is 5.85. The van der Waals surface area contributed by atoms with Crippen molar-refractivity contribution in [3.05, 3.63) is 34.3 Å². The first-order chi connectivity index (χ1) is 8.67. The zero-order chi connectivity index (χ0) is 12.7. The van der Waals surface area contributed by atoms with Gasteiger partial charge in [-0.25, -0.2) is 9.59 Å². The van der Waals surface area contributed by atoms with Gasteiger partial charge in [-0.05, 0) is 24.6 Å². The van der Waals surface area contributed by atoms with Crippen molar-refractivity contribution in [3.8, 4) is 0 Å². The Morgan fingerprint density at radius 3 is 3.00 bits per heavy atom. The summed E-state index contributed by atoms with van der Waals surface area (Å²) >= 11 is 0. The van der Waals surface area contributed by atoms with Crippen LogP contribution in [0.25, 0.3) is 11.1 Å². The molecule has 6 heteroatoms. The minimum absolute atomic E-state index is 0.0537. The normalized spacial score (nSPS) is 19.5. The summed E-state index contributed by atoms with van der Waals surface area (Å²) in [6, 6.07) is 5.35. The van der Waals surface area contributed by atoms with Crippen LogP contribution in [0.3, 0.4) is 0 Å². The van der Waals surface area contributed by atoms with E-state index in [4.69, 9.17) is 4.42 Å². The number of oxazole rings is 1. The van der Waals surface area contributed by atoms with Gasteiger partial charge in [0.1, 0.15) is 0 Å². The van der Waals surface area contributed by atoms with Crippen molar-refractivity contribution < 1.29 is 9.21 Å². The summed E-state index contributed by atoms with van der Waals surface area (Å²) in [5, 5.41) is 2.90. The van der Waals surface area contributed by atoms with E-state index in [0.717, 1.165) is 5.56 Å². The van der Waals surface area contributed by atoms with Crippen LogP contribution in [-0.2, 0) is 0 Å². The lowest BCUT2D eigenvalue weighted by Gasteiger charge is -2.11. The van der Waals surface area contributed by atoms with E-state index >= 15 is 0 Å². The molecule has 0 radical (unpaired) electrons. The molecule has 2 N–H and O–H groups in total. The Balaban J connectivity index is 1.95. The summed E-state index contributed by atoms with van der Waals surface area (Å²) in [6.45, 7) is 3.26. The topological polar surface area (TPSA) is 78.3 Å². The van der Waals surface area contributed by atoms with Gasteiger partial charge < -0.3 is 14.6 Å². The number of aromatic nitrogens is 1. The van der Waals surface area contributed by atoms with E-state index in [9.17, 15) is 9.59 Å². The number of rotatable bonds is 2. The molecule has 18 heavy (non-hydrogen) atoms. The molecule has 1 atom stereocenters. The van der Waals surface area contributed by atoms with Gasteiger partial charge in [-0.1, -0.05) is 6.07 Å². The van der Waals surface area contributed by atoms with Crippen LogP contribution in [0.4, 0.5) is 4.79 Å². The van der Waals surface area contributed by atoms with E-state index in [1.807, 2.05) is 13.0 Å². The number of benzene rings is 1. The summed E-state index contributed by atoms with van der Waals surface area (Å²) in [7, 11) is 0. The minimum atomic E-state index is -0.465. The number of carbonyl (C=O) groups is 1. The van der Waals surface area contributed by atoms with Gasteiger partial charge in [0.15, 0.2) is 5.58 Å². The molecule has 0 bridgehead atoms. The molecule has 0 spiro atoms. The summed E-state index contributed by atoms with van der Waals surface area (Å²) in [4.78, 5) is 27.0. The van der Waals surface area contributed by atoms with Gasteiger partial charge in [-0.2, -0.15) is 0 Å². The number of H-pyrrole nitrogens is 1. The summed E-state index contributed by atoms with van der Waals surface area (Å²) in [5.41, 5.74) is 2.12. The fourth-order valence-electron chi connectivity index (χ4n) is 2.23. The zero-order valence-electron chi connectivity index (χ0n) is 9.90. The average molecular weight is 247 g/mol. The van der Waals surface area contributed by atoms with Crippen molar-refractivity contribution in [1.29, 1.82) is 0 Å². The Bertz CT molecular complexity index is 658. The number of hydrogen-bond donors (Lipinski definition) is 2. The summed E-state index contributed by atoms with van der Waals surface area (Å²) in [6.07, 6.45) is 0. The predicted octanol–water partition coefficient (Wildman–Crippen LogP) is 1.21. The third-order valence-electron chi connectivity index (χ3n) is 3.22. The molecule has 0 saturated carbocycles. The molecule has 94 valence electrons. The Kier molecular flexibility index (Phi) is 2.36. The lowest BCUT2D eigenvalue weighted by Crippen LogP contribution is -2.27. The fourth-order valence-corrected chi connectivity index (χ4v) is 2.23. The first-order valence-corrected chi connectivity index (χ1v) is 5.85. The molecule has 2 heterocycles. The number of urea groups is 1. The minimum Gasteiger partial charge on any atom is -0.408 e. The molecule has 3 rings (SSSR count). The van der Waals surface area contributed by atoms with Crippen LogP contribution < -0.4 is 11.1 Å². The number of fused-ring (bicyclic) bond motifs is 1. The first kappa shape index (κ1) is 10.9. The molecular weight excluding hydrogens is 234 g/mol. The smallest absolute Gasteiger partial charge is 0.408 e. The Morgan fingerprint density at radius 2 is 2.28 bits per heavy atom. The predicted molar refractivity (Wildman–Crippen MR) is 65.4 cm³/mol. The van der Waals surface area contributed by atoms with Gasteiger partial charge in [0, 0.05) is 13.1 Å². The second-order valence-electron chi connectivity index (χ2n) is 4.31. The highest BCUT2D eigenvalue weighted by Gasteiger charge is 2.28. The molecule has 1 aromatic heterocycles. The van der Waals surface area contributed by atoms with E-state index in [1.54, 1.807) is 17.0 Å². The standard InChI is InChI=1S/C12H13N3O3/c1-2-15-6-9(13-11(15)16)7-3-4-8-10(5-7)18-12(17)14-8/h3-5,9H,2,6H2,1H3,(H,13,16)(H,14,17). The van der Waals surface area contributed by atoms with Crippen LogP contribution in [0.2, 0.25) is 0 Å². The Hall–Kier alpha value is -2.24. The molecule has 1 unspecified atom stereocenters. The lowest BCUT2D eigenvalue weighted by atomic mass is 10.1. The number of hydrogen-bond acceptors (Lipinski definition) is 3. The molecule has 0 aliphatic carbocycles. The van der Waals surface area contributed by atoms with Crippen molar-refractivity contribution in [1.82, 2.24) is 15.2 Å². The van der Waals surface area contributed by atoms with Crippen LogP contribution in [0, 0.1) is 0 Å². The molecule has 2 amide bonds. The molecule has 2 aromatic rings. The van der Waals surface area contributed by atoms with Gasteiger partial charge in [0.25, 0.3) is 0 Å². The Labute approximate surface area is 103 Å². The summed E-state index contributed by atoms with van der Waals surface area (Å²) < 4.78 is 5.01. The van der Waals surface area contributed by atoms with Gasteiger partial charge in [0.05, 0.1) is 11.6 Å². The van der Waals surface area contributed by atoms with Gasteiger partial charge in [-0.3, -0.25) is 4.98 Å². The van der Waals surface area contributed by atoms with E-state index in [-0.39, 0.29) is 12.1 Å². The molecule has 1 fully saturated rings. The lowest BCUT2D eigenvalue weighted by molar-refractivity contribution is 0.219. The fraction of sp³-hybridized carbons (Fsp3) is 0.333. The van der Waals surface area contributed by atoms with E-state index in [2.05, 4.69) is 10.3 Å². The second kappa shape index (κ2) is 3.90. The highest BCUT2D eigenvalue weighted by Crippen LogP contribution is 2.23. The molecule has 1 aliphatic rings. The maximum Gasteiger partial charge on any atom is 0.417 e. The highest BCUT2D eigenvalue weighted by molar-refractivity contribution is 5.78. The molecule has 6 nitrogen and oxygen atoms in total. The quantitative estimate of drug-likeness (QED) is 0.837. The average Bonchev–Trinajstić information content (AvgIpc) is 2.89. The number of aromatic amines is 1. The SMILES string of the molecule is CCN1CC(c2ccc3[nH]c(=O)oc3c2)NC1=O. The summed E-state index contributed by atoms with van der Waals surface area (Å²) in [5.74, 6) is -0.465. The van der Waals surface area contributed by atoms with Crippen molar-refractivity contribution in [3.63, 3.8) is 0 Å². The van der Waals surface area contributed by atoms with Crippen LogP contribution in [0.15, 0.2) is 27.4 Å². The number of nitrogens with zero attached hydrogens (tertiary/aromatic N) is 1. The number of carbonyl (C=O) groups excluding carboxylic acids is 1. The van der Waals surface area contributed by atoms with Gasteiger partial charge in [-0.15, -0.1) is 0 Å². The van der Waals surface area contributed by atoms with Crippen LogP contribution in [0.5, 0.6) is 0 Å². The molecular formula is C12H13N3O3. The molecule has 1 aromatic carbocycles. The van der Waals surface area contributed by atoms with Gasteiger partial charge in [0.2, 0.25) is 0 Å². The zero-order valence-corrected chi connectivity index (χ0v) is 9.90. The Morgan fingerprint density at radius 1 is 1.44 bits per heavy atom. The van der Waals surface area contributed by atoms with E-state index < -0.39 is 5.76 Å². The highest BCUT2D eigenvalue weighted by atomic mass is 16.4. The molecule has 1 aliphatic heterocycles. The maximum absolute atomic E-state index is 11.6. The van der Waals surface area contributed by atoms with Crippen molar-refractivity contribution in [2.45, 2.75) is 13.0 Å². The second-order valence-corrected chi connectivity index (χ2v) is 4.31. The van der Waals surface area contributed by atoms with E-state index in [0.29, 0.717) is 24.2 Å². The number of likely N-dealkylation sites (N-methyl/N-ethyl adjacent to an activating group) is 1. The monoisotopic (exact) mass is 247 g/mol. The van der Waals surface area contributed by atoms with Crippen molar-refractivity contribution >= 4 is 17.1 Å². The maximum atomic E-state index is 11.6. The van der Waals surface area contributed by atoms with Crippen LogP contribution >= 0.6 is 0 Å².